The summed E-state index contributed by atoms with van der Waals surface area (Å²) in [6, 6.07) is 2.14. The van der Waals surface area contributed by atoms with E-state index in [1.807, 2.05) is 12.3 Å². The van der Waals surface area contributed by atoms with Crippen molar-refractivity contribution in [2.75, 3.05) is 6.54 Å². The van der Waals surface area contributed by atoms with E-state index in [-0.39, 0.29) is 17.4 Å². The molecule has 0 spiro atoms. The van der Waals surface area contributed by atoms with Gasteiger partial charge < -0.3 is 11.1 Å². The van der Waals surface area contributed by atoms with Gasteiger partial charge in [0.2, 0.25) is 5.91 Å². The van der Waals surface area contributed by atoms with Crippen LogP contribution in [0.1, 0.15) is 50.6 Å². The molecule has 1 aliphatic carbocycles. The zero-order chi connectivity index (χ0) is 13.0. The molecule has 3 N–H and O–H groups in total. The number of hydrogen-bond acceptors (Lipinski definition) is 3. The second kappa shape index (κ2) is 5.85. The maximum Gasteiger partial charge on any atom is 0.227 e. The first-order valence-electron chi connectivity index (χ1n) is 6.71. The first kappa shape index (κ1) is 13.6. The highest BCUT2D eigenvalue weighted by Crippen LogP contribution is 2.36. The standard InChI is InChI=1S/C14H22N2OS/c1-11(12-5-8-18-9-12)16-13(17)14(10-15)6-3-2-4-7-14/h5,8-9,11H,2-4,6-7,10,15H2,1H3,(H,16,17). The van der Waals surface area contributed by atoms with Crippen molar-refractivity contribution in [2.24, 2.45) is 11.1 Å². The molecule has 0 radical (unpaired) electrons. The fraction of sp³-hybridized carbons (Fsp3) is 0.643. The molecule has 1 amide bonds. The van der Waals surface area contributed by atoms with E-state index in [9.17, 15) is 4.79 Å². The monoisotopic (exact) mass is 266 g/mol. The quantitative estimate of drug-likeness (QED) is 0.880. The minimum atomic E-state index is -0.317. The van der Waals surface area contributed by atoms with Crippen LogP contribution >= 0.6 is 11.3 Å². The van der Waals surface area contributed by atoms with Gasteiger partial charge in [-0.05, 0) is 42.2 Å². The number of amides is 1. The lowest BCUT2D eigenvalue weighted by Gasteiger charge is -2.35. The van der Waals surface area contributed by atoms with Crippen LogP contribution in [0.15, 0.2) is 16.8 Å². The van der Waals surface area contributed by atoms with Crippen molar-refractivity contribution in [1.29, 1.82) is 0 Å². The van der Waals surface area contributed by atoms with Gasteiger partial charge in [0.25, 0.3) is 0 Å². The van der Waals surface area contributed by atoms with Crippen molar-refractivity contribution < 1.29 is 4.79 Å². The highest BCUT2D eigenvalue weighted by atomic mass is 32.1. The molecule has 18 heavy (non-hydrogen) atoms. The second-order valence-electron chi connectivity index (χ2n) is 5.30. The molecule has 4 heteroatoms. The van der Waals surface area contributed by atoms with Crippen molar-refractivity contribution >= 4 is 17.2 Å². The number of hydrogen-bond donors (Lipinski definition) is 2. The average Bonchev–Trinajstić information content (AvgIpc) is 2.93. The van der Waals surface area contributed by atoms with Crippen LogP contribution in [0.3, 0.4) is 0 Å². The molecule has 3 nitrogen and oxygen atoms in total. The van der Waals surface area contributed by atoms with Crippen LogP contribution in [0, 0.1) is 5.41 Å². The van der Waals surface area contributed by atoms with Gasteiger partial charge in [0.15, 0.2) is 0 Å². The summed E-state index contributed by atoms with van der Waals surface area (Å²) < 4.78 is 0. The number of thiophene rings is 1. The Labute approximate surface area is 113 Å². The van der Waals surface area contributed by atoms with Crippen LogP contribution in [0.4, 0.5) is 0 Å². The Kier molecular flexibility index (Phi) is 4.40. The summed E-state index contributed by atoms with van der Waals surface area (Å²) in [5.74, 6) is 0.142. The van der Waals surface area contributed by atoms with Gasteiger partial charge >= 0.3 is 0 Å². The van der Waals surface area contributed by atoms with Gasteiger partial charge in [-0.3, -0.25) is 4.79 Å². The molecule has 0 aliphatic heterocycles. The van der Waals surface area contributed by atoms with E-state index < -0.39 is 0 Å². The molecule has 1 aromatic rings. The van der Waals surface area contributed by atoms with E-state index in [2.05, 4.69) is 16.8 Å². The average molecular weight is 266 g/mol. The SMILES string of the molecule is CC(NC(=O)C1(CN)CCCCC1)c1ccsc1. The first-order chi connectivity index (χ1) is 8.68. The maximum absolute atomic E-state index is 12.5. The number of nitrogens with one attached hydrogen (secondary N) is 1. The first-order valence-corrected chi connectivity index (χ1v) is 7.65. The zero-order valence-corrected chi connectivity index (χ0v) is 11.8. The Morgan fingerprint density at radius 2 is 2.22 bits per heavy atom. The molecule has 1 atom stereocenters. The van der Waals surface area contributed by atoms with Crippen LogP contribution in [-0.2, 0) is 4.79 Å². The lowest BCUT2D eigenvalue weighted by Crippen LogP contribution is -2.47. The molecule has 1 heterocycles. The summed E-state index contributed by atoms with van der Waals surface area (Å²) in [4.78, 5) is 12.5. The van der Waals surface area contributed by atoms with Crippen molar-refractivity contribution in [3.05, 3.63) is 22.4 Å². The highest BCUT2D eigenvalue weighted by Gasteiger charge is 2.38. The Balaban J connectivity index is 2.01. The van der Waals surface area contributed by atoms with Crippen molar-refractivity contribution in [2.45, 2.75) is 45.1 Å². The number of carbonyl (C=O) groups excluding carboxylic acids is 1. The molecule has 1 aliphatic rings. The molecule has 100 valence electrons. The second-order valence-corrected chi connectivity index (χ2v) is 6.08. The van der Waals surface area contributed by atoms with Crippen LogP contribution in [0.25, 0.3) is 0 Å². The summed E-state index contributed by atoms with van der Waals surface area (Å²) in [5, 5.41) is 7.25. The third-order valence-electron chi connectivity index (χ3n) is 4.07. The summed E-state index contributed by atoms with van der Waals surface area (Å²) in [6.45, 7) is 2.50. The molecule has 0 bridgehead atoms. The summed E-state index contributed by atoms with van der Waals surface area (Å²) in [7, 11) is 0. The number of rotatable bonds is 4. The fourth-order valence-corrected chi connectivity index (χ4v) is 3.46. The fourth-order valence-electron chi connectivity index (χ4n) is 2.71. The third-order valence-corrected chi connectivity index (χ3v) is 4.78. The van der Waals surface area contributed by atoms with E-state index in [0.29, 0.717) is 6.54 Å². The van der Waals surface area contributed by atoms with Crippen molar-refractivity contribution in [1.82, 2.24) is 5.32 Å². The van der Waals surface area contributed by atoms with Gasteiger partial charge in [-0.2, -0.15) is 11.3 Å². The Hall–Kier alpha value is -0.870. The highest BCUT2D eigenvalue weighted by molar-refractivity contribution is 7.07. The molecular formula is C14H22N2OS. The van der Waals surface area contributed by atoms with Gasteiger partial charge in [-0.1, -0.05) is 19.3 Å². The third kappa shape index (κ3) is 2.75. The normalized spacial score (nSPS) is 20.3. The van der Waals surface area contributed by atoms with E-state index in [4.69, 9.17) is 5.73 Å². The number of carbonyl (C=O) groups is 1. The molecule has 1 fully saturated rings. The van der Waals surface area contributed by atoms with E-state index in [1.165, 1.54) is 12.0 Å². The minimum Gasteiger partial charge on any atom is -0.349 e. The van der Waals surface area contributed by atoms with Crippen molar-refractivity contribution in [3.63, 3.8) is 0 Å². The van der Waals surface area contributed by atoms with Crippen LogP contribution in [0.5, 0.6) is 0 Å². The lowest BCUT2D eigenvalue weighted by atomic mass is 9.73. The molecule has 1 unspecified atom stereocenters. The Morgan fingerprint density at radius 3 is 2.78 bits per heavy atom. The zero-order valence-electron chi connectivity index (χ0n) is 10.9. The van der Waals surface area contributed by atoms with Gasteiger partial charge in [-0.15, -0.1) is 0 Å². The molecule has 1 aromatic heterocycles. The summed E-state index contributed by atoms with van der Waals surface area (Å²) >= 11 is 1.66. The predicted molar refractivity (Wildman–Crippen MR) is 75.4 cm³/mol. The van der Waals surface area contributed by atoms with Crippen molar-refractivity contribution in [3.8, 4) is 0 Å². The van der Waals surface area contributed by atoms with Gasteiger partial charge in [0.05, 0.1) is 11.5 Å². The van der Waals surface area contributed by atoms with Gasteiger partial charge in [0.1, 0.15) is 0 Å². The summed E-state index contributed by atoms with van der Waals surface area (Å²) in [5.41, 5.74) is 6.74. The van der Waals surface area contributed by atoms with E-state index >= 15 is 0 Å². The Morgan fingerprint density at radius 1 is 1.50 bits per heavy atom. The topological polar surface area (TPSA) is 55.1 Å². The smallest absolute Gasteiger partial charge is 0.227 e. The van der Waals surface area contributed by atoms with E-state index in [1.54, 1.807) is 11.3 Å². The largest absolute Gasteiger partial charge is 0.349 e. The predicted octanol–water partition coefficient (Wildman–Crippen LogP) is 2.83. The molecule has 2 rings (SSSR count). The van der Waals surface area contributed by atoms with E-state index in [0.717, 1.165) is 25.7 Å². The van der Waals surface area contributed by atoms with Gasteiger partial charge in [0, 0.05) is 6.54 Å². The Bertz CT molecular complexity index is 383. The molecule has 0 aromatic carbocycles. The maximum atomic E-state index is 12.5. The summed E-state index contributed by atoms with van der Waals surface area (Å²) in [6.07, 6.45) is 5.35. The minimum absolute atomic E-state index is 0.0779. The van der Waals surface area contributed by atoms with Gasteiger partial charge in [-0.25, -0.2) is 0 Å². The molecular weight excluding hydrogens is 244 g/mol. The van der Waals surface area contributed by atoms with Crippen LogP contribution < -0.4 is 11.1 Å². The molecule has 0 saturated heterocycles. The lowest BCUT2D eigenvalue weighted by molar-refractivity contribution is -0.133. The van der Waals surface area contributed by atoms with Crippen LogP contribution in [-0.4, -0.2) is 12.5 Å². The van der Waals surface area contributed by atoms with Crippen LogP contribution in [0.2, 0.25) is 0 Å². The number of nitrogens with two attached hydrogens (primary N) is 1. The molecule has 1 saturated carbocycles.